The fourth-order valence-corrected chi connectivity index (χ4v) is 7.03. The second-order valence-corrected chi connectivity index (χ2v) is 11.8. The number of aromatic nitrogens is 2. The van der Waals surface area contributed by atoms with Gasteiger partial charge in [-0.3, -0.25) is 4.79 Å². The van der Waals surface area contributed by atoms with Crippen molar-refractivity contribution in [2.24, 2.45) is 23.2 Å². The van der Waals surface area contributed by atoms with Crippen LogP contribution in [0.2, 0.25) is 10.0 Å². The lowest BCUT2D eigenvalue weighted by atomic mass is 9.54. The Morgan fingerprint density at radius 1 is 1.12 bits per heavy atom. The fourth-order valence-electron chi connectivity index (χ4n) is 6.73. The Bertz CT molecular complexity index is 1560. The summed E-state index contributed by atoms with van der Waals surface area (Å²) in [5, 5.41) is 7.70. The second-order valence-electron chi connectivity index (χ2n) is 11.0. The van der Waals surface area contributed by atoms with E-state index in [9.17, 15) is 22.4 Å². The monoisotopic (exact) mass is 589 g/mol. The van der Waals surface area contributed by atoms with E-state index in [2.05, 4.69) is 23.4 Å². The van der Waals surface area contributed by atoms with Gasteiger partial charge in [-0.1, -0.05) is 47.3 Å². The van der Waals surface area contributed by atoms with Crippen molar-refractivity contribution in [2.75, 3.05) is 5.32 Å². The Morgan fingerprint density at radius 3 is 2.58 bits per heavy atom. The highest BCUT2D eigenvalue weighted by atomic mass is 35.5. The number of anilines is 1. The summed E-state index contributed by atoms with van der Waals surface area (Å²) in [6, 6.07) is 10.5. The summed E-state index contributed by atoms with van der Waals surface area (Å²) < 4.78 is 58.1. The molecule has 2 aromatic carbocycles. The summed E-state index contributed by atoms with van der Waals surface area (Å²) in [4.78, 5) is 13.6. The van der Waals surface area contributed by atoms with E-state index in [0.29, 0.717) is 24.9 Å². The van der Waals surface area contributed by atoms with Crippen molar-refractivity contribution >= 4 is 40.9 Å². The zero-order chi connectivity index (χ0) is 28.4. The standard InChI is InChI=1S/C30H25Cl2F4N3O/c1-29-14-16-15-37-39(20-6-3-18(33)4-7-20)26(16)12-17(29)2-8-21-22(29)9-10-23(30(34,35)36)27(21)28(40)38-19-5-11-24(31)25(32)13-19/h3-7,9,11-13,15,21,23,27H,2,8,10,14H2,1H3,(H,38,40)/t21-,23+,27+,29-/m0/s1. The molecule has 0 radical (unpaired) electrons. The van der Waals surface area contributed by atoms with Gasteiger partial charge in [0.15, 0.2) is 0 Å². The Kier molecular flexibility index (Phi) is 6.62. The van der Waals surface area contributed by atoms with E-state index in [-0.39, 0.29) is 22.3 Å². The number of allylic oxidation sites excluding steroid dienone is 3. The number of halogens is 6. The van der Waals surface area contributed by atoms with Crippen molar-refractivity contribution < 1.29 is 22.4 Å². The van der Waals surface area contributed by atoms with Gasteiger partial charge in [0.05, 0.1) is 39.5 Å². The predicted molar refractivity (Wildman–Crippen MR) is 147 cm³/mol. The van der Waals surface area contributed by atoms with E-state index in [4.69, 9.17) is 23.2 Å². The molecule has 1 aromatic heterocycles. The lowest BCUT2D eigenvalue weighted by molar-refractivity contribution is -0.196. The van der Waals surface area contributed by atoms with Crippen LogP contribution in [0.25, 0.3) is 11.8 Å². The Morgan fingerprint density at radius 2 is 1.88 bits per heavy atom. The van der Waals surface area contributed by atoms with Crippen LogP contribution in [0.3, 0.4) is 0 Å². The first-order valence-electron chi connectivity index (χ1n) is 13.0. The van der Waals surface area contributed by atoms with Gasteiger partial charge in [0.2, 0.25) is 5.91 Å². The maximum absolute atomic E-state index is 14.3. The molecule has 3 aliphatic rings. The normalized spacial score (nSPS) is 25.7. The maximum atomic E-state index is 14.3. The van der Waals surface area contributed by atoms with Crippen LogP contribution in [0.15, 0.2) is 65.9 Å². The van der Waals surface area contributed by atoms with Crippen LogP contribution in [-0.4, -0.2) is 21.9 Å². The summed E-state index contributed by atoms with van der Waals surface area (Å²) in [5.74, 6) is -4.66. The van der Waals surface area contributed by atoms with Gasteiger partial charge in [-0.25, -0.2) is 9.07 Å². The summed E-state index contributed by atoms with van der Waals surface area (Å²) in [6.45, 7) is 2.05. The van der Waals surface area contributed by atoms with Gasteiger partial charge in [0.25, 0.3) is 0 Å². The third-order valence-corrected chi connectivity index (χ3v) is 9.39. The van der Waals surface area contributed by atoms with E-state index >= 15 is 0 Å². The number of amides is 1. The minimum atomic E-state index is -4.53. The molecule has 1 heterocycles. The zero-order valence-electron chi connectivity index (χ0n) is 21.4. The van der Waals surface area contributed by atoms with E-state index in [0.717, 1.165) is 28.1 Å². The van der Waals surface area contributed by atoms with Gasteiger partial charge < -0.3 is 5.32 Å². The molecule has 1 fully saturated rings. The van der Waals surface area contributed by atoms with Gasteiger partial charge >= 0.3 is 6.18 Å². The first-order chi connectivity index (χ1) is 19.0. The molecule has 1 N–H and O–H groups in total. The highest BCUT2D eigenvalue weighted by Gasteiger charge is 2.56. The molecule has 0 spiro atoms. The number of benzene rings is 2. The number of hydrogen-bond acceptors (Lipinski definition) is 2. The Balaban J connectivity index is 1.35. The minimum Gasteiger partial charge on any atom is -0.326 e. The number of nitrogens with one attached hydrogen (secondary N) is 1. The molecule has 0 saturated heterocycles. The minimum absolute atomic E-state index is 0.204. The molecule has 40 heavy (non-hydrogen) atoms. The molecule has 1 amide bonds. The smallest absolute Gasteiger partial charge is 0.326 e. The number of fused-ring (bicyclic) bond motifs is 4. The molecule has 0 bridgehead atoms. The van der Waals surface area contributed by atoms with Crippen LogP contribution in [-0.2, 0) is 11.2 Å². The molecule has 3 aromatic rings. The van der Waals surface area contributed by atoms with Gasteiger partial charge in [0.1, 0.15) is 5.82 Å². The van der Waals surface area contributed by atoms with Gasteiger partial charge in [-0.2, -0.15) is 18.3 Å². The highest BCUT2D eigenvalue weighted by molar-refractivity contribution is 6.42. The number of carbonyl (C=O) groups is 1. The van der Waals surface area contributed by atoms with Crippen molar-refractivity contribution in [1.82, 2.24) is 9.78 Å². The number of alkyl halides is 3. The van der Waals surface area contributed by atoms with Crippen molar-refractivity contribution in [2.45, 2.75) is 38.8 Å². The molecule has 4 atom stereocenters. The first-order valence-corrected chi connectivity index (χ1v) is 13.8. The third kappa shape index (κ3) is 4.55. The molecule has 6 rings (SSSR count). The predicted octanol–water partition coefficient (Wildman–Crippen LogP) is 8.44. The average molecular weight is 590 g/mol. The fraction of sp³-hybridized carbons (Fsp3) is 0.333. The maximum Gasteiger partial charge on any atom is 0.392 e. The van der Waals surface area contributed by atoms with Crippen LogP contribution >= 0.6 is 23.2 Å². The average Bonchev–Trinajstić information content (AvgIpc) is 3.30. The van der Waals surface area contributed by atoms with Gasteiger partial charge in [0, 0.05) is 11.1 Å². The van der Waals surface area contributed by atoms with Crippen LogP contribution in [0, 0.1) is 29.0 Å². The van der Waals surface area contributed by atoms with Crippen LogP contribution < -0.4 is 5.32 Å². The van der Waals surface area contributed by atoms with E-state index in [1.807, 2.05) is 0 Å². The van der Waals surface area contributed by atoms with Crippen molar-refractivity contribution in [3.8, 4) is 5.69 Å². The van der Waals surface area contributed by atoms with Crippen molar-refractivity contribution in [3.63, 3.8) is 0 Å². The molecule has 1 saturated carbocycles. The van der Waals surface area contributed by atoms with Gasteiger partial charge in [-0.05, 0) is 85.7 Å². The Labute approximate surface area is 238 Å². The molecule has 0 unspecified atom stereocenters. The molecule has 3 aliphatic carbocycles. The third-order valence-electron chi connectivity index (χ3n) is 8.65. The highest BCUT2D eigenvalue weighted by Crippen LogP contribution is 2.59. The molecule has 4 nitrogen and oxygen atoms in total. The van der Waals surface area contributed by atoms with E-state index in [1.54, 1.807) is 29.1 Å². The lowest BCUT2D eigenvalue weighted by Gasteiger charge is -2.50. The topological polar surface area (TPSA) is 46.9 Å². The number of rotatable bonds is 3. The van der Waals surface area contributed by atoms with Gasteiger partial charge in [-0.15, -0.1) is 0 Å². The summed E-state index contributed by atoms with van der Waals surface area (Å²) >= 11 is 12.0. The Hall–Kier alpha value is -3.10. The number of carbonyl (C=O) groups excluding carboxylic acids is 1. The number of nitrogens with zero attached hydrogens (tertiary/aromatic N) is 2. The molecule has 0 aliphatic heterocycles. The van der Waals surface area contributed by atoms with Crippen molar-refractivity contribution in [3.05, 3.63) is 93.0 Å². The molecular formula is C30H25Cl2F4N3O. The summed E-state index contributed by atoms with van der Waals surface area (Å²) in [5.41, 5.74) is 4.30. The summed E-state index contributed by atoms with van der Waals surface area (Å²) in [7, 11) is 0. The first kappa shape index (κ1) is 27.1. The molecular weight excluding hydrogens is 565 g/mol. The zero-order valence-corrected chi connectivity index (χ0v) is 22.9. The van der Waals surface area contributed by atoms with Crippen LogP contribution in [0.4, 0.5) is 23.2 Å². The van der Waals surface area contributed by atoms with Crippen molar-refractivity contribution in [1.29, 1.82) is 0 Å². The molecule has 208 valence electrons. The molecule has 10 heteroatoms. The number of hydrogen-bond donors (Lipinski definition) is 1. The SMILES string of the molecule is C[C@]12Cc3cnn(-c4ccc(F)cc4)c3C=C1CC[C@H]1C2=CC[C@@H](C(F)(F)F)[C@@H]1C(=O)Nc1ccc(Cl)c(Cl)c1. The second kappa shape index (κ2) is 9.77. The van der Waals surface area contributed by atoms with E-state index < -0.39 is 35.3 Å². The summed E-state index contributed by atoms with van der Waals surface area (Å²) in [6.07, 6.45) is 2.26. The quantitative estimate of drug-likeness (QED) is 0.246. The van der Waals surface area contributed by atoms with Crippen LogP contribution in [0.1, 0.15) is 37.4 Å². The van der Waals surface area contributed by atoms with E-state index in [1.165, 1.54) is 30.3 Å². The largest absolute Gasteiger partial charge is 0.392 e. The van der Waals surface area contributed by atoms with Crippen LogP contribution in [0.5, 0.6) is 0 Å². The lowest BCUT2D eigenvalue weighted by Crippen LogP contribution is -2.49.